The van der Waals surface area contributed by atoms with Crippen LogP contribution in [0, 0.1) is 0 Å². The summed E-state index contributed by atoms with van der Waals surface area (Å²) in [5.41, 5.74) is 0.804. The SMILES string of the molecule is CN1CCN(S(=O)(=O)c2cccc(NC(=O)c3cnn(C)c3-n3cccc3)c2)CC1. The molecule has 0 bridgehead atoms. The van der Waals surface area contributed by atoms with E-state index in [0.29, 0.717) is 43.2 Å². The number of nitrogens with one attached hydrogen (secondary N) is 1. The molecule has 0 spiro atoms. The van der Waals surface area contributed by atoms with Crippen LogP contribution in [0.25, 0.3) is 5.82 Å². The number of nitrogens with zero attached hydrogens (tertiary/aromatic N) is 5. The minimum absolute atomic E-state index is 0.168. The van der Waals surface area contributed by atoms with E-state index in [2.05, 4.69) is 15.3 Å². The number of piperazine rings is 1. The van der Waals surface area contributed by atoms with Gasteiger partial charge in [0.25, 0.3) is 5.91 Å². The third-order valence-corrected chi connectivity index (χ3v) is 7.09. The molecule has 1 N–H and O–H groups in total. The summed E-state index contributed by atoms with van der Waals surface area (Å²) in [6, 6.07) is 10.1. The lowest BCUT2D eigenvalue weighted by Crippen LogP contribution is -2.47. The minimum Gasteiger partial charge on any atom is -0.322 e. The molecular formula is C20H24N6O3S. The highest BCUT2D eigenvalue weighted by molar-refractivity contribution is 7.89. The van der Waals surface area contributed by atoms with Crippen molar-refractivity contribution < 1.29 is 13.2 Å². The molecule has 0 saturated carbocycles. The number of carbonyl (C=O) groups is 1. The fraction of sp³-hybridized carbons (Fsp3) is 0.300. The van der Waals surface area contributed by atoms with Crippen molar-refractivity contribution in [3.8, 4) is 5.82 Å². The quantitative estimate of drug-likeness (QED) is 0.663. The van der Waals surface area contributed by atoms with E-state index >= 15 is 0 Å². The van der Waals surface area contributed by atoms with Gasteiger partial charge in [-0.25, -0.2) is 8.42 Å². The molecule has 1 aliphatic heterocycles. The smallest absolute Gasteiger partial charge is 0.261 e. The van der Waals surface area contributed by atoms with E-state index in [1.807, 2.05) is 31.6 Å². The van der Waals surface area contributed by atoms with E-state index in [9.17, 15) is 13.2 Å². The highest BCUT2D eigenvalue weighted by Gasteiger charge is 2.27. The van der Waals surface area contributed by atoms with Crippen molar-refractivity contribution in [1.29, 1.82) is 0 Å². The maximum absolute atomic E-state index is 13.0. The van der Waals surface area contributed by atoms with Gasteiger partial charge in [-0.3, -0.25) is 9.48 Å². The largest absolute Gasteiger partial charge is 0.322 e. The van der Waals surface area contributed by atoms with Crippen LogP contribution in [0.5, 0.6) is 0 Å². The van der Waals surface area contributed by atoms with Gasteiger partial charge in [0.15, 0.2) is 0 Å². The van der Waals surface area contributed by atoms with Crippen LogP contribution in [0.15, 0.2) is 59.9 Å². The van der Waals surface area contributed by atoms with E-state index in [0.717, 1.165) is 0 Å². The van der Waals surface area contributed by atoms with Crippen molar-refractivity contribution in [3.63, 3.8) is 0 Å². The number of aryl methyl sites for hydroxylation is 1. The molecule has 0 unspecified atom stereocenters. The Hall–Kier alpha value is -2.95. The van der Waals surface area contributed by atoms with Crippen LogP contribution in [0.1, 0.15) is 10.4 Å². The normalized spacial score (nSPS) is 15.9. The van der Waals surface area contributed by atoms with Crippen molar-refractivity contribution in [2.24, 2.45) is 7.05 Å². The number of anilines is 1. The molecule has 1 amide bonds. The molecule has 1 saturated heterocycles. The van der Waals surface area contributed by atoms with Gasteiger partial charge in [0.1, 0.15) is 11.4 Å². The summed E-state index contributed by atoms with van der Waals surface area (Å²) in [6.07, 6.45) is 5.16. The third kappa shape index (κ3) is 3.89. The van der Waals surface area contributed by atoms with Crippen molar-refractivity contribution in [1.82, 2.24) is 23.6 Å². The van der Waals surface area contributed by atoms with Crippen LogP contribution in [-0.4, -0.2) is 71.1 Å². The van der Waals surface area contributed by atoms with Crippen LogP contribution in [0.2, 0.25) is 0 Å². The van der Waals surface area contributed by atoms with E-state index in [-0.39, 0.29) is 10.8 Å². The van der Waals surface area contributed by atoms with Gasteiger partial charge in [0, 0.05) is 51.3 Å². The van der Waals surface area contributed by atoms with Gasteiger partial charge in [-0.15, -0.1) is 0 Å². The molecule has 10 heteroatoms. The topological polar surface area (TPSA) is 92.5 Å². The molecule has 0 radical (unpaired) electrons. The average molecular weight is 429 g/mol. The average Bonchev–Trinajstić information content (AvgIpc) is 3.38. The number of hydrogen-bond acceptors (Lipinski definition) is 5. The van der Waals surface area contributed by atoms with E-state index in [4.69, 9.17) is 0 Å². The summed E-state index contributed by atoms with van der Waals surface area (Å²) in [4.78, 5) is 15.2. The minimum atomic E-state index is -3.61. The summed E-state index contributed by atoms with van der Waals surface area (Å²) >= 11 is 0. The monoisotopic (exact) mass is 428 g/mol. The Bertz CT molecular complexity index is 1150. The molecular weight excluding hydrogens is 404 g/mol. The summed E-state index contributed by atoms with van der Waals surface area (Å²) in [5, 5.41) is 6.99. The molecule has 0 atom stereocenters. The maximum atomic E-state index is 13.0. The Morgan fingerprint density at radius 1 is 1.03 bits per heavy atom. The van der Waals surface area contributed by atoms with Crippen molar-refractivity contribution in [3.05, 3.63) is 60.6 Å². The van der Waals surface area contributed by atoms with Crippen molar-refractivity contribution >= 4 is 21.6 Å². The first-order chi connectivity index (χ1) is 14.4. The lowest BCUT2D eigenvalue weighted by Gasteiger charge is -2.31. The van der Waals surface area contributed by atoms with Crippen LogP contribution in [0.4, 0.5) is 5.69 Å². The first kappa shape index (κ1) is 20.3. The van der Waals surface area contributed by atoms with Crippen LogP contribution >= 0.6 is 0 Å². The molecule has 9 nitrogen and oxygen atoms in total. The number of hydrogen-bond donors (Lipinski definition) is 1. The second kappa shape index (κ2) is 8.05. The summed E-state index contributed by atoms with van der Waals surface area (Å²) in [5.74, 6) is 0.264. The summed E-state index contributed by atoms with van der Waals surface area (Å²) in [6.45, 7) is 2.29. The van der Waals surface area contributed by atoms with E-state index in [1.165, 1.54) is 16.6 Å². The number of sulfonamides is 1. The fourth-order valence-corrected chi connectivity index (χ4v) is 4.95. The molecule has 158 valence electrons. The summed E-state index contributed by atoms with van der Waals surface area (Å²) in [7, 11) is 0.119. The highest BCUT2D eigenvalue weighted by Crippen LogP contribution is 2.22. The Labute approximate surface area is 175 Å². The lowest BCUT2D eigenvalue weighted by molar-refractivity contribution is 0.102. The molecule has 1 fully saturated rings. The zero-order valence-corrected chi connectivity index (χ0v) is 17.7. The molecule has 1 aliphatic rings. The second-order valence-electron chi connectivity index (χ2n) is 7.29. The van der Waals surface area contributed by atoms with Gasteiger partial charge >= 0.3 is 0 Å². The lowest BCUT2D eigenvalue weighted by atomic mass is 10.2. The van der Waals surface area contributed by atoms with Gasteiger partial charge in [-0.2, -0.15) is 9.40 Å². The molecule has 0 aliphatic carbocycles. The molecule has 4 rings (SSSR count). The highest BCUT2D eigenvalue weighted by atomic mass is 32.2. The first-order valence-electron chi connectivity index (χ1n) is 9.62. The maximum Gasteiger partial charge on any atom is 0.261 e. The van der Waals surface area contributed by atoms with Crippen molar-refractivity contribution in [2.45, 2.75) is 4.90 Å². The predicted octanol–water partition coefficient (Wildman–Crippen LogP) is 1.40. The zero-order chi connectivity index (χ0) is 21.3. The number of likely N-dealkylation sites (N-methyl/N-ethyl adjacent to an activating group) is 1. The fourth-order valence-electron chi connectivity index (χ4n) is 3.48. The number of amides is 1. The molecule has 30 heavy (non-hydrogen) atoms. The standard InChI is InChI=1S/C20H24N6O3S/c1-23-10-12-26(13-11-23)30(28,29)17-7-5-6-16(14-17)22-19(27)18-15-21-24(2)20(18)25-8-3-4-9-25/h3-9,14-15H,10-13H2,1-2H3,(H,22,27). The number of benzene rings is 1. The first-order valence-corrected chi connectivity index (χ1v) is 11.1. The van der Waals surface area contributed by atoms with Gasteiger partial charge in [0.05, 0.1) is 11.1 Å². The molecule has 2 aromatic heterocycles. The molecule has 1 aromatic carbocycles. The van der Waals surface area contributed by atoms with Crippen LogP contribution < -0.4 is 5.32 Å². The van der Waals surface area contributed by atoms with Gasteiger partial charge in [0.2, 0.25) is 10.0 Å². The molecule has 3 heterocycles. The Morgan fingerprint density at radius 2 is 1.73 bits per heavy atom. The number of carbonyl (C=O) groups excluding carboxylic acids is 1. The molecule has 3 aromatic rings. The summed E-state index contributed by atoms with van der Waals surface area (Å²) < 4.78 is 30.9. The second-order valence-corrected chi connectivity index (χ2v) is 9.22. The Balaban J connectivity index is 1.57. The Morgan fingerprint density at radius 3 is 2.43 bits per heavy atom. The van der Waals surface area contributed by atoms with Gasteiger partial charge < -0.3 is 14.8 Å². The van der Waals surface area contributed by atoms with Crippen LogP contribution in [0.3, 0.4) is 0 Å². The van der Waals surface area contributed by atoms with Crippen LogP contribution in [-0.2, 0) is 17.1 Å². The predicted molar refractivity (Wildman–Crippen MR) is 113 cm³/mol. The van der Waals surface area contributed by atoms with Gasteiger partial charge in [-0.1, -0.05) is 6.07 Å². The van der Waals surface area contributed by atoms with E-state index in [1.54, 1.807) is 34.5 Å². The van der Waals surface area contributed by atoms with E-state index < -0.39 is 10.0 Å². The number of rotatable bonds is 5. The third-order valence-electron chi connectivity index (χ3n) is 5.19. The van der Waals surface area contributed by atoms with Crippen molar-refractivity contribution in [2.75, 3.05) is 38.5 Å². The number of aromatic nitrogens is 3. The van der Waals surface area contributed by atoms with Gasteiger partial charge in [-0.05, 0) is 37.4 Å². The zero-order valence-electron chi connectivity index (χ0n) is 16.9. The Kier molecular flexibility index (Phi) is 5.46.